The summed E-state index contributed by atoms with van der Waals surface area (Å²) in [6.07, 6.45) is 3.90. The van der Waals surface area contributed by atoms with Gasteiger partial charge in [0.25, 0.3) is 0 Å². The summed E-state index contributed by atoms with van der Waals surface area (Å²) in [6.45, 7) is 8.39. The van der Waals surface area contributed by atoms with Crippen molar-refractivity contribution < 1.29 is 8.91 Å². The number of nitrogens with zero attached hydrogens (tertiary/aromatic N) is 3. The van der Waals surface area contributed by atoms with Gasteiger partial charge in [0.1, 0.15) is 11.6 Å². The Morgan fingerprint density at radius 3 is 2.58 bits per heavy atom. The Bertz CT molecular complexity index is 812. The number of aromatic nitrogens is 1. The third-order valence-corrected chi connectivity index (χ3v) is 5.88. The third-order valence-electron chi connectivity index (χ3n) is 5.88. The second-order valence-corrected chi connectivity index (χ2v) is 7.86. The van der Waals surface area contributed by atoms with Crippen molar-refractivity contribution >= 4 is 29.9 Å². The topological polar surface area (TPSA) is 65.7 Å². The maximum atomic E-state index is 13.9. The van der Waals surface area contributed by atoms with E-state index in [4.69, 9.17) is 4.52 Å². The normalized spacial score (nSPS) is 15.5. The van der Waals surface area contributed by atoms with Crippen LogP contribution in [0.25, 0.3) is 0 Å². The number of hydrogen-bond acceptors (Lipinski definition) is 4. The van der Waals surface area contributed by atoms with Gasteiger partial charge in [-0.15, -0.1) is 24.0 Å². The first-order valence-corrected chi connectivity index (χ1v) is 11.0. The predicted octanol–water partition coefficient (Wildman–Crippen LogP) is 4.13. The van der Waals surface area contributed by atoms with Crippen molar-refractivity contribution in [2.45, 2.75) is 52.6 Å². The van der Waals surface area contributed by atoms with Gasteiger partial charge < -0.3 is 15.2 Å². The molecule has 0 atom stereocenters. The first kappa shape index (κ1) is 25.6. The van der Waals surface area contributed by atoms with E-state index in [-0.39, 0.29) is 29.8 Å². The number of piperidine rings is 1. The van der Waals surface area contributed by atoms with E-state index in [9.17, 15) is 4.39 Å². The first-order valence-electron chi connectivity index (χ1n) is 11.0. The highest BCUT2D eigenvalue weighted by Gasteiger charge is 2.20. The highest BCUT2D eigenvalue weighted by Crippen LogP contribution is 2.19. The fraction of sp³-hybridized carbons (Fsp3) is 0.565. The summed E-state index contributed by atoms with van der Waals surface area (Å²) in [4.78, 5) is 6.69. The molecule has 0 aliphatic carbocycles. The fourth-order valence-electron chi connectivity index (χ4n) is 3.99. The number of nitrogens with one attached hydrogen (secondary N) is 2. The SMILES string of the molecule is CCc1noc(CC)c1CNC(=NC)NCC1CCN(Cc2ccccc2F)CC1.I. The van der Waals surface area contributed by atoms with E-state index in [1.54, 1.807) is 13.1 Å². The quantitative estimate of drug-likeness (QED) is 0.298. The molecule has 0 spiro atoms. The minimum atomic E-state index is -0.110. The van der Waals surface area contributed by atoms with Crippen LogP contribution in [0.3, 0.4) is 0 Å². The van der Waals surface area contributed by atoms with Crippen molar-refractivity contribution in [1.82, 2.24) is 20.7 Å². The van der Waals surface area contributed by atoms with Crippen LogP contribution in [0.1, 0.15) is 49.3 Å². The van der Waals surface area contributed by atoms with Crippen LogP contribution < -0.4 is 10.6 Å². The Hall–Kier alpha value is -1.68. The monoisotopic (exact) mass is 543 g/mol. The molecule has 2 heterocycles. The molecule has 1 aliphatic heterocycles. The standard InChI is InChI=1S/C23H34FN5O.HI/c1-4-21-19(22(5-2)30-28-21)15-27-23(25-3)26-14-17-10-12-29(13-11-17)16-18-8-6-7-9-20(18)24;/h6-9,17H,4-5,10-16H2,1-3H3,(H2,25,26,27);1H. The van der Waals surface area contributed by atoms with Crippen LogP contribution in [-0.4, -0.2) is 42.7 Å². The van der Waals surface area contributed by atoms with Gasteiger partial charge >= 0.3 is 0 Å². The number of benzene rings is 1. The van der Waals surface area contributed by atoms with Crippen molar-refractivity contribution in [2.24, 2.45) is 10.9 Å². The van der Waals surface area contributed by atoms with Crippen molar-refractivity contribution in [3.05, 3.63) is 52.7 Å². The van der Waals surface area contributed by atoms with Gasteiger partial charge in [0, 0.05) is 44.2 Å². The lowest BCUT2D eigenvalue weighted by atomic mass is 9.96. The molecule has 172 valence electrons. The van der Waals surface area contributed by atoms with Crippen molar-refractivity contribution in [3.8, 4) is 0 Å². The molecule has 0 radical (unpaired) electrons. The van der Waals surface area contributed by atoms with Crippen LogP contribution in [0.2, 0.25) is 0 Å². The highest BCUT2D eigenvalue weighted by molar-refractivity contribution is 14.0. The van der Waals surface area contributed by atoms with E-state index in [0.29, 0.717) is 19.0 Å². The van der Waals surface area contributed by atoms with Crippen LogP contribution in [0, 0.1) is 11.7 Å². The summed E-state index contributed by atoms with van der Waals surface area (Å²) in [6, 6.07) is 7.06. The molecule has 2 N–H and O–H groups in total. The smallest absolute Gasteiger partial charge is 0.191 e. The Balaban J connectivity index is 0.00000341. The van der Waals surface area contributed by atoms with Crippen LogP contribution >= 0.6 is 24.0 Å². The van der Waals surface area contributed by atoms with E-state index in [1.165, 1.54) is 6.07 Å². The van der Waals surface area contributed by atoms with E-state index in [2.05, 4.69) is 39.5 Å². The molecule has 1 aromatic heterocycles. The number of likely N-dealkylation sites (tertiary alicyclic amines) is 1. The number of rotatable bonds is 8. The number of halogens is 2. The Kier molecular flexibility index (Phi) is 10.7. The molecule has 8 heteroatoms. The second kappa shape index (κ2) is 13.0. The molecule has 1 fully saturated rings. The molecular weight excluding hydrogens is 508 g/mol. The zero-order valence-electron chi connectivity index (χ0n) is 18.8. The summed E-state index contributed by atoms with van der Waals surface area (Å²) in [5.41, 5.74) is 2.94. The molecular formula is C23H35FIN5O. The Morgan fingerprint density at radius 1 is 1.19 bits per heavy atom. The summed E-state index contributed by atoms with van der Waals surface area (Å²) in [7, 11) is 1.79. The molecule has 31 heavy (non-hydrogen) atoms. The van der Waals surface area contributed by atoms with Crippen molar-refractivity contribution in [3.63, 3.8) is 0 Å². The average Bonchev–Trinajstić information content (AvgIpc) is 3.18. The number of aliphatic imine (C=N–C) groups is 1. The zero-order valence-corrected chi connectivity index (χ0v) is 21.1. The van der Waals surface area contributed by atoms with Crippen molar-refractivity contribution in [2.75, 3.05) is 26.7 Å². The molecule has 0 unspecified atom stereocenters. The van der Waals surface area contributed by atoms with Crippen LogP contribution in [0.5, 0.6) is 0 Å². The lowest BCUT2D eigenvalue weighted by Crippen LogP contribution is -2.42. The minimum absolute atomic E-state index is 0. The molecule has 0 bridgehead atoms. The van der Waals surface area contributed by atoms with Crippen LogP contribution in [0.4, 0.5) is 4.39 Å². The second-order valence-electron chi connectivity index (χ2n) is 7.86. The third kappa shape index (κ3) is 7.17. The molecule has 0 amide bonds. The summed E-state index contributed by atoms with van der Waals surface area (Å²) >= 11 is 0. The van der Waals surface area contributed by atoms with Gasteiger partial charge in [-0.1, -0.05) is 37.2 Å². The Morgan fingerprint density at radius 2 is 1.94 bits per heavy atom. The van der Waals surface area contributed by atoms with E-state index in [0.717, 1.165) is 73.9 Å². The minimum Gasteiger partial charge on any atom is -0.361 e. The highest BCUT2D eigenvalue weighted by atomic mass is 127. The van der Waals surface area contributed by atoms with Crippen LogP contribution in [-0.2, 0) is 25.9 Å². The van der Waals surface area contributed by atoms with E-state index in [1.807, 2.05) is 12.1 Å². The molecule has 1 aromatic carbocycles. The van der Waals surface area contributed by atoms with Gasteiger partial charge in [-0.05, 0) is 44.3 Å². The molecule has 6 nitrogen and oxygen atoms in total. The van der Waals surface area contributed by atoms with Gasteiger partial charge in [-0.3, -0.25) is 9.89 Å². The molecule has 3 rings (SSSR count). The molecule has 2 aromatic rings. The summed E-state index contributed by atoms with van der Waals surface area (Å²) in [5, 5.41) is 11.0. The van der Waals surface area contributed by atoms with Crippen molar-refractivity contribution in [1.29, 1.82) is 0 Å². The average molecular weight is 543 g/mol. The first-order chi connectivity index (χ1) is 14.6. The lowest BCUT2D eigenvalue weighted by Gasteiger charge is -2.32. The van der Waals surface area contributed by atoms with Gasteiger partial charge in [-0.2, -0.15) is 0 Å². The zero-order chi connectivity index (χ0) is 21.3. The van der Waals surface area contributed by atoms with Gasteiger partial charge in [0.2, 0.25) is 0 Å². The van der Waals surface area contributed by atoms with Gasteiger partial charge in [0.05, 0.1) is 5.69 Å². The molecule has 1 saturated heterocycles. The van der Waals surface area contributed by atoms with E-state index < -0.39 is 0 Å². The fourth-order valence-corrected chi connectivity index (χ4v) is 3.99. The summed E-state index contributed by atoms with van der Waals surface area (Å²) < 4.78 is 19.3. The Labute approximate surface area is 202 Å². The molecule has 0 saturated carbocycles. The van der Waals surface area contributed by atoms with E-state index >= 15 is 0 Å². The largest absolute Gasteiger partial charge is 0.361 e. The maximum absolute atomic E-state index is 13.9. The van der Waals surface area contributed by atoms with Gasteiger partial charge in [-0.25, -0.2) is 4.39 Å². The predicted molar refractivity (Wildman–Crippen MR) is 133 cm³/mol. The molecule has 1 aliphatic rings. The number of guanidine groups is 1. The summed E-state index contributed by atoms with van der Waals surface area (Å²) in [5.74, 6) is 2.22. The number of aryl methyl sites for hydroxylation is 2. The van der Waals surface area contributed by atoms with Gasteiger partial charge in [0.15, 0.2) is 5.96 Å². The number of hydrogen-bond donors (Lipinski definition) is 2. The lowest BCUT2D eigenvalue weighted by molar-refractivity contribution is 0.176. The van der Waals surface area contributed by atoms with Crippen LogP contribution in [0.15, 0.2) is 33.8 Å². The maximum Gasteiger partial charge on any atom is 0.191 e.